The van der Waals surface area contributed by atoms with E-state index in [0.717, 1.165) is 31.9 Å². The smallest absolute Gasteiger partial charge is 0.241 e. The number of hydrogen-bond acceptors (Lipinski definition) is 3. The Hall–Kier alpha value is -1.86. The van der Waals surface area contributed by atoms with Crippen LogP contribution < -0.4 is 10.0 Å². The summed E-state index contributed by atoms with van der Waals surface area (Å²) in [5.74, 6) is 0.762. The highest BCUT2D eigenvalue weighted by Crippen LogP contribution is 2.18. The summed E-state index contributed by atoms with van der Waals surface area (Å²) in [4.78, 5) is 6.97. The fourth-order valence-corrected chi connectivity index (χ4v) is 4.21. The number of unbranched alkanes of at least 4 members (excludes halogenated alkanes) is 1. The van der Waals surface area contributed by atoms with Crippen molar-refractivity contribution >= 4 is 16.0 Å². The molecule has 0 aliphatic carbocycles. The number of allylic oxidation sites excluding steroid dienone is 1. The van der Waals surface area contributed by atoms with Crippen molar-refractivity contribution in [2.24, 2.45) is 4.99 Å². The summed E-state index contributed by atoms with van der Waals surface area (Å²) < 4.78 is 28.2. The molecule has 1 rings (SSSR count). The number of nitrogens with zero attached hydrogens (tertiary/aromatic N) is 2. The highest BCUT2D eigenvalue weighted by molar-refractivity contribution is 7.89. The predicted molar refractivity (Wildman–Crippen MR) is 113 cm³/mol. The summed E-state index contributed by atoms with van der Waals surface area (Å²) in [6, 6.07) is 7.00. The minimum absolute atomic E-state index is 0.272. The fourth-order valence-electron chi connectivity index (χ4n) is 2.56. The van der Waals surface area contributed by atoms with Crippen molar-refractivity contribution in [1.29, 1.82) is 0 Å². The van der Waals surface area contributed by atoms with Gasteiger partial charge in [-0.1, -0.05) is 24.3 Å². The van der Waals surface area contributed by atoms with E-state index in [1.165, 1.54) is 0 Å². The van der Waals surface area contributed by atoms with Crippen LogP contribution in [0.15, 0.2) is 46.8 Å². The van der Waals surface area contributed by atoms with Crippen molar-refractivity contribution in [3.8, 4) is 0 Å². The second-order valence-corrected chi connectivity index (χ2v) is 9.14. The first-order chi connectivity index (χ1) is 12.6. The van der Waals surface area contributed by atoms with E-state index in [1.54, 1.807) is 12.1 Å². The molecule has 1 aromatic rings. The van der Waals surface area contributed by atoms with Gasteiger partial charge in [0.2, 0.25) is 10.0 Å². The van der Waals surface area contributed by atoms with E-state index in [4.69, 9.17) is 0 Å². The summed E-state index contributed by atoms with van der Waals surface area (Å²) in [5.41, 5.74) is 0.124. The van der Waals surface area contributed by atoms with Gasteiger partial charge in [-0.2, -0.15) is 0 Å². The number of aliphatic imine (C=N–C) groups is 1. The average Bonchev–Trinajstić information content (AvgIpc) is 2.57. The summed E-state index contributed by atoms with van der Waals surface area (Å²) in [6.07, 6.45) is 3.84. The van der Waals surface area contributed by atoms with Crippen molar-refractivity contribution in [3.63, 3.8) is 0 Å². The molecular weight excluding hydrogens is 360 g/mol. The second-order valence-electron chi connectivity index (χ2n) is 7.49. The van der Waals surface area contributed by atoms with E-state index in [9.17, 15) is 8.42 Å². The standard InChI is InChI=1S/C20H34N4O2S/c1-7-9-12-15-24(6)19(21-8-2)22-16-17-13-10-11-14-18(17)27(25,26)23-20(3,4)5/h7,10-11,13-14,23H,1,8-9,12,15-16H2,2-6H3,(H,21,22). The molecule has 0 spiro atoms. The molecule has 152 valence electrons. The van der Waals surface area contributed by atoms with Gasteiger partial charge >= 0.3 is 0 Å². The lowest BCUT2D eigenvalue weighted by molar-refractivity contribution is 0.469. The van der Waals surface area contributed by atoms with Gasteiger partial charge in [-0.25, -0.2) is 18.1 Å². The maximum Gasteiger partial charge on any atom is 0.241 e. The lowest BCUT2D eigenvalue weighted by Crippen LogP contribution is -2.41. The van der Waals surface area contributed by atoms with E-state index in [2.05, 4.69) is 26.5 Å². The van der Waals surface area contributed by atoms with Crippen LogP contribution in [0, 0.1) is 0 Å². The molecule has 1 aromatic carbocycles. The predicted octanol–water partition coefficient (Wildman–Crippen LogP) is 3.13. The molecule has 0 amide bonds. The first-order valence-electron chi connectivity index (χ1n) is 9.33. The zero-order chi connectivity index (χ0) is 20.5. The molecule has 0 saturated carbocycles. The molecule has 27 heavy (non-hydrogen) atoms. The van der Waals surface area contributed by atoms with E-state index < -0.39 is 15.6 Å². The van der Waals surface area contributed by atoms with Crippen molar-refractivity contribution in [3.05, 3.63) is 42.5 Å². The summed E-state index contributed by atoms with van der Waals surface area (Å²) in [5, 5.41) is 3.26. The minimum Gasteiger partial charge on any atom is -0.357 e. The normalized spacial score (nSPS) is 12.7. The lowest BCUT2D eigenvalue weighted by Gasteiger charge is -2.23. The Bertz CT molecular complexity index is 737. The molecule has 0 atom stereocenters. The Labute approximate surface area is 164 Å². The first kappa shape index (κ1) is 23.2. The van der Waals surface area contributed by atoms with Crippen LogP contribution in [0.25, 0.3) is 0 Å². The highest BCUT2D eigenvalue weighted by atomic mass is 32.2. The quantitative estimate of drug-likeness (QED) is 0.292. The zero-order valence-corrected chi connectivity index (χ0v) is 18.1. The Balaban J connectivity index is 3.06. The Morgan fingerprint density at radius 3 is 2.56 bits per heavy atom. The van der Waals surface area contributed by atoms with Gasteiger partial charge < -0.3 is 10.2 Å². The Morgan fingerprint density at radius 2 is 1.96 bits per heavy atom. The van der Waals surface area contributed by atoms with Crippen LogP contribution in [0.4, 0.5) is 0 Å². The molecular formula is C20H34N4O2S. The van der Waals surface area contributed by atoms with E-state index in [-0.39, 0.29) is 11.4 Å². The number of sulfonamides is 1. The third kappa shape index (κ3) is 8.13. The van der Waals surface area contributed by atoms with Crippen LogP contribution in [0.3, 0.4) is 0 Å². The van der Waals surface area contributed by atoms with Crippen LogP contribution in [0.5, 0.6) is 0 Å². The molecule has 0 radical (unpaired) electrons. The van der Waals surface area contributed by atoms with Gasteiger partial charge in [-0.05, 0) is 52.2 Å². The zero-order valence-electron chi connectivity index (χ0n) is 17.2. The van der Waals surface area contributed by atoms with Crippen molar-refractivity contribution in [2.75, 3.05) is 20.1 Å². The van der Waals surface area contributed by atoms with Crippen LogP contribution in [0.2, 0.25) is 0 Å². The molecule has 0 bridgehead atoms. The third-order valence-electron chi connectivity index (χ3n) is 3.70. The highest BCUT2D eigenvalue weighted by Gasteiger charge is 2.24. The Morgan fingerprint density at radius 1 is 1.30 bits per heavy atom. The van der Waals surface area contributed by atoms with Gasteiger partial charge in [0.1, 0.15) is 0 Å². The largest absolute Gasteiger partial charge is 0.357 e. The molecule has 0 fully saturated rings. The number of rotatable bonds is 9. The van der Waals surface area contributed by atoms with Crippen LogP contribution in [0.1, 0.15) is 46.1 Å². The molecule has 0 saturated heterocycles. The van der Waals surface area contributed by atoms with Gasteiger partial charge in [0, 0.05) is 25.7 Å². The molecule has 0 unspecified atom stereocenters. The van der Waals surface area contributed by atoms with E-state index in [1.807, 2.05) is 53.0 Å². The lowest BCUT2D eigenvalue weighted by atomic mass is 10.1. The monoisotopic (exact) mass is 394 g/mol. The molecule has 0 heterocycles. The molecule has 2 N–H and O–H groups in total. The fraction of sp³-hybridized carbons (Fsp3) is 0.550. The molecule has 7 heteroatoms. The Kier molecular flexibility index (Phi) is 8.99. The molecule has 0 aliphatic rings. The van der Waals surface area contributed by atoms with Crippen LogP contribution in [-0.2, 0) is 16.6 Å². The van der Waals surface area contributed by atoms with Crippen molar-refractivity contribution in [2.45, 2.75) is 57.5 Å². The van der Waals surface area contributed by atoms with Crippen LogP contribution >= 0.6 is 0 Å². The topological polar surface area (TPSA) is 73.8 Å². The number of nitrogens with one attached hydrogen (secondary N) is 2. The third-order valence-corrected chi connectivity index (χ3v) is 5.56. The first-order valence-corrected chi connectivity index (χ1v) is 10.8. The maximum absolute atomic E-state index is 12.8. The number of hydrogen-bond donors (Lipinski definition) is 2. The second kappa shape index (κ2) is 10.5. The number of guanidine groups is 1. The van der Waals surface area contributed by atoms with Gasteiger partial charge in [0.15, 0.2) is 5.96 Å². The minimum atomic E-state index is -3.61. The SMILES string of the molecule is C=CCCCN(C)C(=NCc1ccccc1S(=O)(=O)NC(C)(C)C)NCC. The summed E-state index contributed by atoms with van der Waals surface area (Å²) in [6.45, 7) is 13.1. The molecule has 0 aliphatic heterocycles. The van der Waals surface area contributed by atoms with Gasteiger partial charge in [-0.3, -0.25) is 0 Å². The van der Waals surface area contributed by atoms with E-state index in [0.29, 0.717) is 5.56 Å². The molecule has 6 nitrogen and oxygen atoms in total. The average molecular weight is 395 g/mol. The van der Waals surface area contributed by atoms with Gasteiger partial charge in [0.25, 0.3) is 0 Å². The van der Waals surface area contributed by atoms with Crippen LogP contribution in [-0.4, -0.2) is 45.0 Å². The van der Waals surface area contributed by atoms with Gasteiger partial charge in [0.05, 0.1) is 11.4 Å². The van der Waals surface area contributed by atoms with E-state index >= 15 is 0 Å². The van der Waals surface area contributed by atoms with Crippen molar-refractivity contribution < 1.29 is 8.42 Å². The summed E-state index contributed by atoms with van der Waals surface area (Å²) >= 11 is 0. The number of benzene rings is 1. The summed E-state index contributed by atoms with van der Waals surface area (Å²) in [7, 11) is -1.63. The molecule has 0 aromatic heterocycles. The van der Waals surface area contributed by atoms with Gasteiger partial charge in [-0.15, -0.1) is 6.58 Å². The van der Waals surface area contributed by atoms with Crippen molar-refractivity contribution in [1.82, 2.24) is 14.9 Å². The maximum atomic E-state index is 12.8.